The van der Waals surface area contributed by atoms with Crippen LogP contribution in [0.25, 0.3) is 0 Å². The van der Waals surface area contributed by atoms with E-state index in [2.05, 4.69) is 4.98 Å². The SMILES string of the molecule is NS(=O)(=O)c1cnc(C(F)(F)F)cc1OC1CC1. The average molecular weight is 282 g/mol. The fourth-order valence-electron chi connectivity index (χ4n) is 1.25. The minimum atomic E-state index is -4.67. The zero-order valence-electron chi connectivity index (χ0n) is 8.94. The Balaban J connectivity index is 2.47. The molecule has 18 heavy (non-hydrogen) atoms. The van der Waals surface area contributed by atoms with Gasteiger partial charge in [-0.15, -0.1) is 0 Å². The van der Waals surface area contributed by atoms with Crippen LogP contribution in [-0.4, -0.2) is 19.5 Å². The van der Waals surface area contributed by atoms with Gasteiger partial charge in [-0.05, 0) is 12.8 Å². The molecule has 0 aromatic carbocycles. The maximum absolute atomic E-state index is 12.5. The molecule has 0 atom stereocenters. The zero-order chi connectivity index (χ0) is 13.6. The third-order valence-electron chi connectivity index (χ3n) is 2.25. The number of hydrogen-bond donors (Lipinski definition) is 1. The molecule has 2 rings (SSSR count). The van der Waals surface area contributed by atoms with Crippen LogP contribution in [0.15, 0.2) is 17.2 Å². The number of alkyl halides is 3. The molecule has 1 aromatic heterocycles. The molecule has 0 aliphatic heterocycles. The predicted molar refractivity (Wildman–Crippen MR) is 54.3 cm³/mol. The molecular formula is C9H9F3N2O3S. The highest BCUT2D eigenvalue weighted by atomic mass is 32.2. The van der Waals surface area contributed by atoms with E-state index in [0.29, 0.717) is 25.1 Å². The van der Waals surface area contributed by atoms with Gasteiger partial charge in [-0.2, -0.15) is 13.2 Å². The Morgan fingerprint density at radius 2 is 2.00 bits per heavy atom. The molecular weight excluding hydrogens is 273 g/mol. The van der Waals surface area contributed by atoms with Crippen molar-refractivity contribution in [1.29, 1.82) is 0 Å². The first-order valence-electron chi connectivity index (χ1n) is 4.94. The monoisotopic (exact) mass is 282 g/mol. The third-order valence-corrected chi connectivity index (χ3v) is 3.17. The summed E-state index contributed by atoms with van der Waals surface area (Å²) >= 11 is 0. The van der Waals surface area contributed by atoms with Crippen molar-refractivity contribution in [2.24, 2.45) is 5.14 Å². The van der Waals surface area contributed by atoms with Crippen molar-refractivity contribution in [2.75, 3.05) is 0 Å². The van der Waals surface area contributed by atoms with Crippen molar-refractivity contribution in [3.63, 3.8) is 0 Å². The Morgan fingerprint density at radius 1 is 1.39 bits per heavy atom. The minimum Gasteiger partial charge on any atom is -0.489 e. The van der Waals surface area contributed by atoms with Crippen LogP contribution in [0.1, 0.15) is 18.5 Å². The third kappa shape index (κ3) is 2.91. The van der Waals surface area contributed by atoms with Gasteiger partial charge in [0.1, 0.15) is 16.3 Å². The number of primary sulfonamides is 1. The summed E-state index contributed by atoms with van der Waals surface area (Å²) in [5.41, 5.74) is -1.22. The summed E-state index contributed by atoms with van der Waals surface area (Å²) in [5.74, 6) is -0.401. The molecule has 5 nitrogen and oxygen atoms in total. The Hall–Kier alpha value is -1.35. The molecule has 0 saturated heterocycles. The van der Waals surface area contributed by atoms with Crippen molar-refractivity contribution >= 4 is 10.0 Å². The minimum absolute atomic E-state index is 0.256. The van der Waals surface area contributed by atoms with Gasteiger partial charge in [0.15, 0.2) is 0 Å². The first kappa shape index (κ1) is 13.1. The number of hydrogen-bond acceptors (Lipinski definition) is 4. The molecule has 9 heteroatoms. The van der Waals surface area contributed by atoms with Crippen LogP contribution >= 0.6 is 0 Å². The lowest BCUT2D eigenvalue weighted by Gasteiger charge is -2.12. The summed E-state index contributed by atoms with van der Waals surface area (Å²) in [5, 5.41) is 4.88. The van der Waals surface area contributed by atoms with E-state index in [1.165, 1.54) is 0 Å². The van der Waals surface area contributed by atoms with Crippen LogP contribution in [0.3, 0.4) is 0 Å². The molecule has 0 bridgehead atoms. The Labute approximate surface area is 101 Å². The van der Waals surface area contributed by atoms with Gasteiger partial charge < -0.3 is 4.74 Å². The van der Waals surface area contributed by atoms with E-state index in [9.17, 15) is 21.6 Å². The van der Waals surface area contributed by atoms with Gasteiger partial charge in [-0.3, -0.25) is 4.98 Å². The summed E-state index contributed by atoms with van der Waals surface area (Å²) in [4.78, 5) is 2.50. The standard InChI is InChI=1S/C9H9F3N2O3S/c10-9(11,12)8-3-6(17-5-1-2-5)7(4-14-8)18(13,15)16/h3-5H,1-2H2,(H2,13,15,16). The average Bonchev–Trinajstić information content (AvgIpc) is 2.98. The molecule has 1 aliphatic rings. The second-order valence-corrected chi connectivity index (χ2v) is 5.41. The number of nitrogens with two attached hydrogens (primary N) is 1. The summed E-state index contributed by atoms with van der Waals surface area (Å²) in [7, 11) is -4.17. The molecule has 1 aromatic rings. The summed E-state index contributed by atoms with van der Waals surface area (Å²) in [6.07, 6.45) is -3.01. The lowest BCUT2D eigenvalue weighted by atomic mass is 10.3. The summed E-state index contributed by atoms with van der Waals surface area (Å²) < 4.78 is 64.9. The number of nitrogens with zero attached hydrogens (tertiary/aromatic N) is 1. The second kappa shape index (κ2) is 4.09. The van der Waals surface area contributed by atoms with Crippen LogP contribution in [0.4, 0.5) is 13.2 Å². The van der Waals surface area contributed by atoms with Gasteiger partial charge in [0, 0.05) is 6.07 Å². The normalized spacial score (nSPS) is 16.7. The van der Waals surface area contributed by atoms with Crippen LogP contribution in [0, 0.1) is 0 Å². The van der Waals surface area contributed by atoms with Crippen LogP contribution in [0.2, 0.25) is 0 Å². The Kier molecular flexibility index (Phi) is 2.98. The van der Waals surface area contributed by atoms with Crippen LogP contribution in [-0.2, 0) is 16.2 Å². The number of pyridine rings is 1. The summed E-state index contributed by atoms with van der Waals surface area (Å²) in [6, 6.07) is 0.554. The molecule has 0 amide bonds. The number of ether oxygens (including phenoxy) is 1. The van der Waals surface area contributed by atoms with Gasteiger partial charge in [0.25, 0.3) is 0 Å². The second-order valence-electron chi connectivity index (χ2n) is 3.88. The van der Waals surface area contributed by atoms with Crippen molar-refractivity contribution in [3.8, 4) is 5.75 Å². The van der Waals surface area contributed by atoms with Crippen molar-refractivity contribution < 1.29 is 26.3 Å². The fraction of sp³-hybridized carbons (Fsp3) is 0.444. The lowest BCUT2D eigenvalue weighted by Crippen LogP contribution is -2.17. The van der Waals surface area contributed by atoms with Crippen molar-refractivity contribution in [1.82, 2.24) is 4.98 Å². The van der Waals surface area contributed by atoms with E-state index < -0.39 is 32.5 Å². The largest absolute Gasteiger partial charge is 0.489 e. The fourth-order valence-corrected chi connectivity index (χ4v) is 1.84. The van der Waals surface area contributed by atoms with E-state index in [-0.39, 0.29) is 6.10 Å². The molecule has 100 valence electrons. The molecule has 0 spiro atoms. The van der Waals surface area contributed by atoms with E-state index in [0.717, 1.165) is 0 Å². The number of aromatic nitrogens is 1. The van der Waals surface area contributed by atoms with Crippen molar-refractivity contribution in [3.05, 3.63) is 18.0 Å². The highest BCUT2D eigenvalue weighted by molar-refractivity contribution is 7.89. The van der Waals surface area contributed by atoms with E-state index in [1.54, 1.807) is 0 Å². The molecule has 0 radical (unpaired) electrons. The van der Waals surface area contributed by atoms with E-state index in [4.69, 9.17) is 9.88 Å². The number of sulfonamides is 1. The topological polar surface area (TPSA) is 82.3 Å². The van der Waals surface area contributed by atoms with E-state index in [1.807, 2.05) is 0 Å². The van der Waals surface area contributed by atoms with Gasteiger partial charge >= 0.3 is 6.18 Å². The van der Waals surface area contributed by atoms with Gasteiger partial charge in [0.2, 0.25) is 10.0 Å². The maximum atomic E-state index is 12.5. The maximum Gasteiger partial charge on any atom is 0.433 e. The Bertz CT molecular complexity index is 567. The molecule has 0 unspecified atom stereocenters. The molecule has 1 aliphatic carbocycles. The number of rotatable bonds is 3. The number of halogens is 3. The first-order valence-corrected chi connectivity index (χ1v) is 6.49. The van der Waals surface area contributed by atoms with Gasteiger partial charge in [-0.1, -0.05) is 0 Å². The summed E-state index contributed by atoms with van der Waals surface area (Å²) in [6.45, 7) is 0. The molecule has 1 fully saturated rings. The predicted octanol–water partition coefficient (Wildman–Crippen LogP) is 1.29. The first-order chi connectivity index (χ1) is 8.18. The molecule has 1 heterocycles. The highest BCUT2D eigenvalue weighted by Crippen LogP contribution is 2.35. The van der Waals surface area contributed by atoms with Gasteiger partial charge in [0.05, 0.1) is 12.3 Å². The lowest BCUT2D eigenvalue weighted by molar-refractivity contribution is -0.141. The van der Waals surface area contributed by atoms with Gasteiger partial charge in [-0.25, -0.2) is 13.6 Å². The quantitative estimate of drug-likeness (QED) is 0.905. The zero-order valence-corrected chi connectivity index (χ0v) is 9.75. The smallest absolute Gasteiger partial charge is 0.433 e. The van der Waals surface area contributed by atoms with Crippen LogP contribution in [0.5, 0.6) is 5.75 Å². The highest BCUT2D eigenvalue weighted by Gasteiger charge is 2.35. The van der Waals surface area contributed by atoms with Crippen LogP contribution < -0.4 is 9.88 Å². The van der Waals surface area contributed by atoms with Crippen molar-refractivity contribution in [2.45, 2.75) is 30.0 Å². The van der Waals surface area contributed by atoms with E-state index >= 15 is 0 Å². The Morgan fingerprint density at radius 3 is 2.44 bits per heavy atom. The molecule has 2 N–H and O–H groups in total. The molecule has 1 saturated carbocycles.